The molecule has 0 unspecified atom stereocenters. The highest BCUT2D eigenvalue weighted by molar-refractivity contribution is 7.18. The summed E-state index contributed by atoms with van der Waals surface area (Å²) >= 11 is 19.2. The van der Waals surface area contributed by atoms with Crippen molar-refractivity contribution in [1.82, 2.24) is 0 Å². The Hall–Kier alpha value is -1.98. The summed E-state index contributed by atoms with van der Waals surface area (Å²) in [5.74, 6) is 1.02. The summed E-state index contributed by atoms with van der Waals surface area (Å²) < 4.78 is 11.8. The molecule has 0 N–H and O–H groups in total. The molecule has 0 atom stereocenters. The Kier molecular flexibility index (Phi) is 7.03. The van der Waals surface area contributed by atoms with Crippen LogP contribution in [0.5, 0.6) is 11.5 Å². The Morgan fingerprint density at radius 2 is 1.86 bits per heavy atom. The van der Waals surface area contributed by atoms with E-state index < -0.39 is 0 Å². The van der Waals surface area contributed by atoms with Gasteiger partial charge in [0.15, 0.2) is 17.3 Å². The monoisotopic (exact) mass is 452 g/mol. The molecule has 0 aliphatic heterocycles. The normalized spacial score (nSPS) is 11.0. The van der Waals surface area contributed by atoms with Crippen molar-refractivity contribution in [3.05, 3.63) is 85.0 Å². The Balaban J connectivity index is 1.71. The molecule has 1 aromatic heterocycles. The summed E-state index contributed by atoms with van der Waals surface area (Å²) in [6.07, 6.45) is 3.23. The second-order valence-electron chi connectivity index (χ2n) is 5.74. The summed E-state index contributed by atoms with van der Waals surface area (Å²) in [7, 11) is 1.56. The highest BCUT2D eigenvalue weighted by atomic mass is 35.5. The van der Waals surface area contributed by atoms with Crippen LogP contribution in [0.15, 0.2) is 54.6 Å². The number of hydrogen-bond donors (Lipinski definition) is 0. The maximum absolute atomic E-state index is 12.2. The molecule has 0 amide bonds. The van der Waals surface area contributed by atoms with Gasteiger partial charge in [0.25, 0.3) is 0 Å². The summed E-state index contributed by atoms with van der Waals surface area (Å²) in [6, 6.07) is 14.1. The number of thiophene rings is 1. The topological polar surface area (TPSA) is 35.5 Å². The fourth-order valence-electron chi connectivity index (χ4n) is 2.40. The molecule has 0 saturated carbocycles. The maximum Gasteiger partial charge on any atom is 0.195 e. The fraction of sp³-hybridized carbons (Fsp3) is 0.0952. The minimum Gasteiger partial charge on any atom is -0.493 e. The molecule has 7 heteroatoms. The second-order valence-corrected chi connectivity index (χ2v) is 8.29. The van der Waals surface area contributed by atoms with Crippen molar-refractivity contribution in [2.75, 3.05) is 7.11 Å². The standard InChI is InChI=1S/C21H15Cl3O3S/c1-26-19-10-13(2-6-17(25)20-8-9-21(24)28-20)3-7-18(19)27-12-14-4-5-15(22)11-16(14)23/h2-11H,12H2,1H3. The maximum atomic E-state index is 12.2. The number of carbonyl (C=O) groups excluding carboxylic acids is 1. The molecule has 3 nitrogen and oxygen atoms in total. The van der Waals surface area contributed by atoms with Crippen molar-refractivity contribution in [3.8, 4) is 11.5 Å². The van der Waals surface area contributed by atoms with Gasteiger partial charge in [0.05, 0.1) is 16.3 Å². The van der Waals surface area contributed by atoms with E-state index in [2.05, 4.69) is 0 Å². The average Bonchev–Trinajstić information content (AvgIpc) is 3.12. The van der Waals surface area contributed by atoms with E-state index >= 15 is 0 Å². The van der Waals surface area contributed by atoms with Crippen LogP contribution >= 0.6 is 46.1 Å². The molecular weight excluding hydrogens is 439 g/mol. The minimum absolute atomic E-state index is 0.103. The molecule has 0 saturated heterocycles. The number of halogens is 3. The van der Waals surface area contributed by atoms with E-state index in [1.54, 1.807) is 49.6 Å². The van der Waals surface area contributed by atoms with Crippen LogP contribution in [-0.4, -0.2) is 12.9 Å². The lowest BCUT2D eigenvalue weighted by Crippen LogP contribution is -1.98. The van der Waals surface area contributed by atoms with E-state index in [1.807, 2.05) is 12.1 Å². The smallest absolute Gasteiger partial charge is 0.195 e. The summed E-state index contributed by atoms with van der Waals surface area (Å²) in [5, 5.41) is 1.11. The van der Waals surface area contributed by atoms with Gasteiger partial charge in [-0.3, -0.25) is 4.79 Å². The fourth-order valence-corrected chi connectivity index (χ4v) is 3.83. The van der Waals surface area contributed by atoms with Crippen molar-refractivity contribution >= 4 is 58.0 Å². The van der Waals surface area contributed by atoms with Crippen LogP contribution in [0.4, 0.5) is 0 Å². The van der Waals surface area contributed by atoms with E-state index in [1.165, 1.54) is 17.4 Å². The van der Waals surface area contributed by atoms with Crippen molar-refractivity contribution in [2.24, 2.45) is 0 Å². The van der Waals surface area contributed by atoms with E-state index in [4.69, 9.17) is 44.3 Å². The first-order valence-corrected chi connectivity index (χ1v) is 10.1. The molecule has 144 valence electrons. The molecular formula is C21H15Cl3O3S. The van der Waals surface area contributed by atoms with E-state index in [-0.39, 0.29) is 12.4 Å². The third-order valence-corrected chi connectivity index (χ3v) is 5.66. The number of methoxy groups -OCH3 is 1. The van der Waals surface area contributed by atoms with Gasteiger partial charge in [-0.2, -0.15) is 0 Å². The van der Waals surface area contributed by atoms with Crippen molar-refractivity contribution in [1.29, 1.82) is 0 Å². The molecule has 2 aromatic carbocycles. The lowest BCUT2D eigenvalue weighted by atomic mass is 10.1. The molecule has 3 aromatic rings. The Labute approximate surface area is 182 Å². The molecule has 0 aliphatic rings. The first kappa shape index (κ1) is 20.7. The third-order valence-electron chi connectivity index (χ3n) is 3.83. The summed E-state index contributed by atoms with van der Waals surface area (Å²) in [6.45, 7) is 0.277. The zero-order valence-corrected chi connectivity index (χ0v) is 17.8. The van der Waals surface area contributed by atoms with Gasteiger partial charge in [0, 0.05) is 15.6 Å². The molecule has 28 heavy (non-hydrogen) atoms. The first-order valence-electron chi connectivity index (χ1n) is 8.19. The summed E-state index contributed by atoms with van der Waals surface area (Å²) in [4.78, 5) is 12.7. The largest absolute Gasteiger partial charge is 0.493 e. The molecule has 1 heterocycles. The number of hydrogen-bond acceptors (Lipinski definition) is 4. The molecule has 0 bridgehead atoms. The van der Waals surface area contributed by atoms with Gasteiger partial charge in [-0.05, 0) is 48.0 Å². The zero-order chi connectivity index (χ0) is 20.1. The predicted molar refractivity (Wildman–Crippen MR) is 116 cm³/mol. The number of benzene rings is 2. The summed E-state index contributed by atoms with van der Waals surface area (Å²) in [5.41, 5.74) is 1.63. The van der Waals surface area contributed by atoms with Crippen molar-refractivity contribution < 1.29 is 14.3 Å². The average molecular weight is 454 g/mol. The quantitative estimate of drug-likeness (QED) is 0.280. The van der Waals surface area contributed by atoms with Crippen molar-refractivity contribution in [2.45, 2.75) is 6.61 Å². The highest BCUT2D eigenvalue weighted by Gasteiger charge is 2.09. The van der Waals surface area contributed by atoms with Gasteiger partial charge in [-0.15, -0.1) is 11.3 Å². The van der Waals surface area contributed by atoms with Gasteiger partial charge in [0.1, 0.15) is 6.61 Å². The van der Waals surface area contributed by atoms with Crippen LogP contribution in [0.25, 0.3) is 6.08 Å². The van der Waals surface area contributed by atoms with Gasteiger partial charge < -0.3 is 9.47 Å². The minimum atomic E-state index is -0.103. The van der Waals surface area contributed by atoms with Gasteiger partial charge >= 0.3 is 0 Å². The molecule has 0 spiro atoms. The molecule has 3 rings (SSSR count). The van der Waals surface area contributed by atoms with Crippen molar-refractivity contribution in [3.63, 3.8) is 0 Å². The molecule has 0 fully saturated rings. The Morgan fingerprint density at radius 3 is 2.54 bits per heavy atom. The highest BCUT2D eigenvalue weighted by Crippen LogP contribution is 2.31. The second kappa shape index (κ2) is 9.48. The third kappa shape index (κ3) is 5.30. The van der Waals surface area contributed by atoms with Crippen LogP contribution in [0.3, 0.4) is 0 Å². The van der Waals surface area contributed by atoms with Crippen LogP contribution < -0.4 is 9.47 Å². The van der Waals surface area contributed by atoms with Gasteiger partial charge in [-0.1, -0.05) is 53.0 Å². The Bertz CT molecular complexity index is 1030. The Morgan fingerprint density at radius 1 is 1.04 bits per heavy atom. The SMILES string of the molecule is COc1cc(C=CC(=O)c2ccc(Cl)s2)ccc1OCc1ccc(Cl)cc1Cl. The lowest BCUT2D eigenvalue weighted by Gasteiger charge is -2.12. The van der Waals surface area contributed by atoms with Crippen LogP contribution in [0.2, 0.25) is 14.4 Å². The molecule has 0 aliphatic carbocycles. The van der Waals surface area contributed by atoms with Gasteiger partial charge in [0.2, 0.25) is 0 Å². The lowest BCUT2D eigenvalue weighted by molar-refractivity contribution is 0.105. The number of ether oxygens (including phenoxy) is 2. The first-order chi connectivity index (χ1) is 13.5. The number of rotatable bonds is 7. The van der Waals surface area contributed by atoms with Crippen LogP contribution in [0, 0.1) is 0 Å². The predicted octanol–water partition coefficient (Wildman–Crippen LogP) is 7.19. The van der Waals surface area contributed by atoms with E-state index in [9.17, 15) is 4.79 Å². The van der Waals surface area contributed by atoms with Gasteiger partial charge in [-0.25, -0.2) is 0 Å². The van der Waals surface area contributed by atoms with Crippen LogP contribution in [-0.2, 0) is 6.61 Å². The molecule has 0 radical (unpaired) electrons. The van der Waals surface area contributed by atoms with Crippen LogP contribution in [0.1, 0.15) is 20.8 Å². The number of ketones is 1. The van der Waals surface area contributed by atoms with E-state index in [0.29, 0.717) is 30.8 Å². The zero-order valence-electron chi connectivity index (χ0n) is 14.7. The number of carbonyl (C=O) groups is 1. The van der Waals surface area contributed by atoms with E-state index in [0.717, 1.165) is 11.1 Å². The number of allylic oxidation sites excluding steroid dienone is 1.